The van der Waals surface area contributed by atoms with Gasteiger partial charge in [-0.1, -0.05) is 59.6 Å². The van der Waals surface area contributed by atoms with E-state index in [0.29, 0.717) is 17.8 Å². The van der Waals surface area contributed by atoms with Crippen LogP contribution in [0.2, 0.25) is 0 Å². The van der Waals surface area contributed by atoms with E-state index in [2.05, 4.69) is 47.6 Å². The van der Waals surface area contributed by atoms with Crippen molar-refractivity contribution in [2.75, 3.05) is 27.9 Å². The molecule has 0 aromatic rings. The van der Waals surface area contributed by atoms with Crippen molar-refractivity contribution in [1.82, 2.24) is 0 Å². The Balaban J connectivity index is 5.11. The number of hydrogen-bond donors (Lipinski definition) is 1. The van der Waals surface area contributed by atoms with Crippen LogP contribution in [0, 0.1) is 29.6 Å². The predicted molar refractivity (Wildman–Crippen MR) is 114 cm³/mol. The molecule has 0 radical (unpaired) electrons. The summed E-state index contributed by atoms with van der Waals surface area (Å²) < 4.78 is 17.3. The van der Waals surface area contributed by atoms with Gasteiger partial charge in [-0.15, -0.1) is 0 Å². The van der Waals surface area contributed by atoms with E-state index in [-0.39, 0.29) is 36.8 Å². The molecule has 0 amide bonds. The van der Waals surface area contributed by atoms with E-state index in [1.165, 1.54) is 5.57 Å². The maximum absolute atomic E-state index is 9.52. The molecule has 0 aromatic heterocycles. The van der Waals surface area contributed by atoms with Crippen LogP contribution in [-0.4, -0.2) is 51.4 Å². The Morgan fingerprint density at radius 3 is 1.70 bits per heavy atom. The van der Waals surface area contributed by atoms with Crippen LogP contribution in [0.15, 0.2) is 11.6 Å². The molecule has 0 fully saturated rings. The molecule has 0 rings (SSSR count). The molecule has 162 valence electrons. The monoisotopic (exact) mass is 386 g/mol. The lowest BCUT2D eigenvalue weighted by Crippen LogP contribution is -2.41. The molecule has 0 bridgehead atoms. The van der Waals surface area contributed by atoms with Gasteiger partial charge in [0.2, 0.25) is 0 Å². The molecule has 0 saturated carbocycles. The molecular weight excluding hydrogens is 340 g/mol. The summed E-state index contributed by atoms with van der Waals surface area (Å²) in [7, 11) is 5.31. The van der Waals surface area contributed by atoms with E-state index in [0.717, 1.165) is 12.8 Å². The van der Waals surface area contributed by atoms with Crippen LogP contribution in [0.1, 0.15) is 61.3 Å². The second kappa shape index (κ2) is 13.7. The van der Waals surface area contributed by atoms with Gasteiger partial charge < -0.3 is 19.3 Å². The van der Waals surface area contributed by atoms with Crippen LogP contribution < -0.4 is 0 Å². The number of aliphatic hydroxyl groups is 1. The number of aliphatic hydroxyl groups excluding tert-OH is 1. The molecule has 8 atom stereocenters. The van der Waals surface area contributed by atoms with Gasteiger partial charge in [-0.3, -0.25) is 0 Å². The molecule has 0 aliphatic heterocycles. The average Bonchev–Trinajstić information content (AvgIpc) is 2.62. The molecule has 1 N–H and O–H groups in total. The fourth-order valence-corrected chi connectivity index (χ4v) is 4.65. The van der Waals surface area contributed by atoms with Crippen LogP contribution in [0.25, 0.3) is 0 Å². The van der Waals surface area contributed by atoms with Crippen molar-refractivity contribution in [3.8, 4) is 0 Å². The van der Waals surface area contributed by atoms with E-state index in [1.54, 1.807) is 14.2 Å². The van der Waals surface area contributed by atoms with Gasteiger partial charge in [0.25, 0.3) is 0 Å². The molecule has 8 unspecified atom stereocenters. The average molecular weight is 387 g/mol. The van der Waals surface area contributed by atoms with Crippen molar-refractivity contribution in [1.29, 1.82) is 0 Å². The van der Waals surface area contributed by atoms with E-state index in [9.17, 15) is 5.11 Å². The minimum atomic E-state index is -0.0196. The Hall–Kier alpha value is -0.420. The van der Waals surface area contributed by atoms with Gasteiger partial charge in [0.1, 0.15) is 0 Å². The van der Waals surface area contributed by atoms with Gasteiger partial charge in [0, 0.05) is 45.7 Å². The highest BCUT2D eigenvalue weighted by Crippen LogP contribution is 2.30. The lowest BCUT2D eigenvalue weighted by Gasteiger charge is -2.35. The molecule has 4 nitrogen and oxygen atoms in total. The zero-order valence-corrected chi connectivity index (χ0v) is 19.5. The predicted octanol–water partition coefficient (Wildman–Crippen LogP) is 4.95. The van der Waals surface area contributed by atoms with Crippen molar-refractivity contribution in [3.05, 3.63) is 11.6 Å². The van der Waals surface area contributed by atoms with Crippen LogP contribution in [0.5, 0.6) is 0 Å². The van der Waals surface area contributed by atoms with E-state index in [1.807, 2.05) is 14.0 Å². The maximum atomic E-state index is 9.52. The van der Waals surface area contributed by atoms with Crippen LogP contribution in [0.3, 0.4) is 0 Å². The number of hydrogen-bond acceptors (Lipinski definition) is 4. The van der Waals surface area contributed by atoms with Crippen LogP contribution >= 0.6 is 0 Å². The third kappa shape index (κ3) is 8.23. The molecule has 0 heterocycles. The van der Waals surface area contributed by atoms with Crippen LogP contribution in [0.4, 0.5) is 0 Å². The van der Waals surface area contributed by atoms with Gasteiger partial charge in [-0.05, 0) is 25.2 Å². The number of methoxy groups -OCH3 is 3. The Morgan fingerprint density at radius 1 is 0.815 bits per heavy atom. The first-order valence-corrected chi connectivity index (χ1v) is 10.5. The third-order valence-electron chi connectivity index (χ3n) is 6.18. The smallest absolute Gasteiger partial charge is 0.0669 e. The minimum Gasteiger partial charge on any atom is -0.396 e. The lowest BCUT2D eigenvalue weighted by molar-refractivity contribution is -0.0744. The van der Waals surface area contributed by atoms with Gasteiger partial charge in [0.15, 0.2) is 0 Å². The van der Waals surface area contributed by atoms with Crippen molar-refractivity contribution in [3.63, 3.8) is 0 Å². The fraction of sp³-hybridized carbons (Fsp3) is 0.913. The molecule has 0 aliphatic carbocycles. The Kier molecular flexibility index (Phi) is 13.5. The summed E-state index contributed by atoms with van der Waals surface area (Å²) in [6.45, 7) is 15.5. The summed E-state index contributed by atoms with van der Waals surface area (Å²) in [6.07, 6.45) is 4.77. The zero-order valence-electron chi connectivity index (χ0n) is 19.5. The zero-order chi connectivity index (χ0) is 21.1. The molecule has 27 heavy (non-hydrogen) atoms. The van der Waals surface area contributed by atoms with Crippen molar-refractivity contribution < 1.29 is 19.3 Å². The SMILES string of the molecule is CCC(C)C(OC)C(C)/C=C(\C)CC(C)C(OC)C(C)C(OC)C(C)CO. The first kappa shape index (κ1) is 26.6. The van der Waals surface area contributed by atoms with Gasteiger partial charge in [0.05, 0.1) is 18.3 Å². The third-order valence-corrected chi connectivity index (χ3v) is 6.18. The quantitative estimate of drug-likeness (QED) is 0.429. The highest BCUT2D eigenvalue weighted by Gasteiger charge is 2.33. The fourth-order valence-electron chi connectivity index (χ4n) is 4.65. The van der Waals surface area contributed by atoms with E-state index in [4.69, 9.17) is 14.2 Å². The van der Waals surface area contributed by atoms with E-state index >= 15 is 0 Å². The van der Waals surface area contributed by atoms with Crippen LogP contribution in [-0.2, 0) is 14.2 Å². The summed E-state index contributed by atoms with van der Waals surface area (Å²) >= 11 is 0. The Labute approximate surface area is 168 Å². The van der Waals surface area contributed by atoms with Crippen molar-refractivity contribution in [2.45, 2.75) is 79.6 Å². The number of ether oxygens (including phenoxy) is 3. The highest BCUT2D eigenvalue weighted by atomic mass is 16.5. The Bertz CT molecular complexity index is 409. The normalized spacial score (nSPS) is 21.8. The standard InChI is InChI=1S/C23H46O4/c1-11-16(3)21(25-8)17(4)12-15(2)13-18(5)22(26-9)20(7)23(27-10)19(6)14-24/h12,16-24H,11,13-14H2,1-10H3/b15-12+. The molecular formula is C23H46O4. The lowest BCUT2D eigenvalue weighted by atomic mass is 9.81. The summed E-state index contributed by atoms with van der Waals surface area (Å²) in [5.41, 5.74) is 1.37. The molecule has 0 aromatic carbocycles. The van der Waals surface area contributed by atoms with Gasteiger partial charge >= 0.3 is 0 Å². The molecule has 0 aliphatic rings. The summed E-state index contributed by atoms with van der Waals surface area (Å²) in [6, 6.07) is 0. The largest absolute Gasteiger partial charge is 0.396 e. The first-order chi connectivity index (χ1) is 12.7. The maximum Gasteiger partial charge on any atom is 0.0669 e. The van der Waals surface area contributed by atoms with E-state index < -0.39 is 0 Å². The highest BCUT2D eigenvalue weighted by molar-refractivity contribution is 5.04. The second-order valence-electron chi connectivity index (χ2n) is 8.56. The molecule has 4 heteroatoms. The van der Waals surface area contributed by atoms with Crippen molar-refractivity contribution >= 4 is 0 Å². The topological polar surface area (TPSA) is 47.9 Å². The van der Waals surface area contributed by atoms with Gasteiger partial charge in [-0.2, -0.15) is 0 Å². The molecule has 0 spiro atoms. The second-order valence-corrected chi connectivity index (χ2v) is 8.56. The number of allylic oxidation sites excluding steroid dienone is 1. The Morgan fingerprint density at radius 2 is 1.30 bits per heavy atom. The van der Waals surface area contributed by atoms with Gasteiger partial charge in [-0.25, -0.2) is 0 Å². The van der Waals surface area contributed by atoms with Crippen molar-refractivity contribution in [2.24, 2.45) is 29.6 Å². The summed E-state index contributed by atoms with van der Waals surface area (Å²) in [5.74, 6) is 1.58. The summed E-state index contributed by atoms with van der Waals surface area (Å²) in [5, 5.41) is 9.52. The summed E-state index contributed by atoms with van der Waals surface area (Å²) in [4.78, 5) is 0. The first-order valence-electron chi connectivity index (χ1n) is 10.5. The molecule has 0 saturated heterocycles. The number of rotatable bonds is 14. The minimum absolute atomic E-state index is 0.0196.